The summed E-state index contributed by atoms with van der Waals surface area (Å²) in [5.74, 6) is 0.145. The molecule has 4 unspecified atom stereocenters. The summed E-state index contributed by atoms with van der Waals surface area (Å²) in [6.45, 7) is 5.66. The highest BCUT2D eigenvalue weighted by molar-refractivity contribution is 7.44. The predicted molar refractivity (Wildman–Crippen MR) is 140 cm³/mol. The fourth-order valence-electron chi connectivity index (χ4n) is 4.35. The van der Waals surface area contributed by atoms with Crippen molar-refractivity contribution in [3.63, 3.8) is 0 Å². The highest BCUT2D eigenvalue weighted by atomic mass is 31.2. The van der Waals surface area contributed by atoms with Gasteiger partial charge in [0.25, 0.3) is 7.82 Å². The maximum Gasteiger partial charge on any atom is 0.265 e. The Kier molecular flexibility index (Phi) is 20.9. The molecule has 0 amide bonds. The zero-order chi connectivity index (χ0) is 26.6. The Balaban J connectivity index is 4.03. The lowest BCUT2D eigenvalue weighted by atomic mass is 9.95. The zero-order valence-corrected chi connectivity index (χ0v) is 24.2. The van der Waals surface area contributed by atoms with Gasteiger partial charge in [-0.25, -0.2) is 0 Å². The van der Waals surface area contributed by atoms with E-state index in [9.17, 15) is 14.6 Å². The van der Waals surface area contributed by atoms with Crippen LogP contribution in [0.3, 0.4) is 0 Å². The molecule has 35 heavy (non-hydrogen) atoms. The number of hydrogen-bond acceptors (Lipinski definition) is 6. The van der Waals surface area contributed by atoms with Gasteiger partial charge in [-0.2, -0.15) is 0 Å². The molecular weight excluding hydrogens is 469 g/mol. The Morgan fingerprint density at radius 1 is 0.800 bits per heavy atom. The molecule has 0 aliphatic heterocycles. The zero-order valence-electron chi connectivity index (χ0n) is 23.3. The summed E-state index contributed by atoms with van der Waals surface area (Å²) in [7, 11) is 0.959. The number of aliphatic hydroxyl groups is 1. The van der Waals surface area contributed by atoms with Crippen molar-refractivity contribution in [2.24, 2.45) is 5.92 Å². The van der Waals surface area contributed by atoms with Crippen LogP contribution in [0.25, 0.3) is 0 Å². The molecule has 2 N–H and O–H groups in total. The van der Waals surface area contributed by atoms with Crippen LogP contribution >= 0.6 is 7.82 Å². The Bertz CT molecular complexity index is 524. The van der Waals surface area contributed by atoms with Gasteiger partial charge >= 0.3 is 0 Å². The van der Waals surface area contributed by atoms with Crippen molar-refractivity contribution in [1.82, 2.24) is 0 Å². The van der Waals surface area contributed by atoms with Gasteiger partial charge in [-0.05, 0) is 12.8 Å². The third-order valence-electron chi connectivity index (χ3n) is 6.13. The van der Waals surface area contributed by atoms with Crippen molar-refractivity contribution < 1.29 is 37.9 Å². The van der Waals surface area contributed by atoms with E-state index >= 15 is 0 Å². The molecule has 9 heteroatoms. The lowest BCUT2D eigenvalue weighted by molar-refractivity contribution is -0.873. The van der Waals surface area contributed by atoms with E-state index in [0.29, 0.717) is 24.1 Å². The molecule has 0 aliphatic carbocycles. The van der Waals surface area contributed by atoms with Gasteiger partial charge in [-0.1, -0.05) is 84.5 Å². The van der Waals surface area contributed by atoms with Crippen molar-refractivity contribution >= 4 is 7.82 Å². The number of quaternary nitrogens is 1. The summed E-state index contributed by atoms with van der Waals surface area (Å²) in [6, 6.07) is 0. The first kappa shape index (κ1) is 35.0. The van der Waals surface area contributed by atoms with E-state index in [4.69, 9.17) is 18.9 Å². The summed E-state index contributed by atoms with van der Waals surface area (Å²) in [5.41, 5.74) is 0. The maximum absolute atomic E-state index is 11.1. The highest BCUT2D eigenvalue weighted by Gasteiger charge is 2.23. The molecule has 0 bridgehead atoms. The molecule has 0 saturated carbocycles. The van der Waals surface area contributed by atoms with Crippen LogP contribution in [0.1, 0.15) is 104 Å². The third-order valence-corrected chi connectivity index (χ3v) is 6.69. The fraction of sp³-hybridized carbons (Fsp3) is 1.00. The number of phosphoric acid groups is 1. The fourth-order valence-corrected chi connectivity index (χ4v) is 4.90. The smallest absolute Gasteiger partial charge is 0.265 e. The molecule has 212 valence electrons. The van der Waals surface area contributed by atoms with Gasteiger partial charge in [0.15, 0.2) is 6.29 Å². The first-order valence-electron chi connectivity index (χ1n) is 13.9. The largest absolute Gasteiger partial charge is 0.756 e. The van der Waals surface area contributed by atoms with Crippen LogP contribution in [0.15, 0.2) is 0 Å². The van der Waals surface area contributed by atoms with Crippen molar-refractivity contribution in [1.29, 1.82) is 0 Å². The van der Waals surface area contributed by atoms with Gasteiger partial charge in [-0.15, -0.1) is 0 Å². The standard InChI is InChI=1S/C26H56NO7P/c1-6-8-9-10-11-12-13-14-15-16-18-24(17-7-2)26(28)33-22-21-32-20-19-25(23-27(3,4)5)34-35(29,30)31/h24-26,28H,6-23H2,1-5H3,(H-,29,30,31). The second-order valence-corrected chi connectivity index (χ2v) is 12.0. The number of likely N-dealkylation sites (N-methyl/N-ethyl adjacent to an activating group) is 1. The van der Waals surface area contributed by atoms with Crippen molar-refractivity contribution in [2.45, 2.75) is 116 Å². The van der Waals surface area contributed by atoms with Crippen LogP contribution in [0.5, 0.6) is 0 Å². The van der Waals surface area contributed by atoms with E-state index in [1.54, 1.807) is 0 Å². The van der Waals surface area contributed by atoms with Gasteiger partial charge in [0.2, 0.25) is 0 Å². The van der Waals surface area contributed by atoms with Crippen molar-refractivity contribution in [3.05, 3.63) is 0 Å². The van der Waals surface area contributed by atoms with E-state index in [1.165, 1.54) is 57.8 Å². The van der Waals surface area contributed by atoms with E-state index in [1.807, 2.05) is 21.1 Å². The second-order valence-electron chi connectivity index (χ2n) is 10.9. The number of unbranched alkanes of at least 4 members (excludes halogenated alkanes) is 9. The molecule has 0 rings (SSSR count). The summed E-state index contributed by atoms with van der Waals surface area (Å²) in [4.78, 5) is 20.1. The summed E-state index contributed by atoms with van der Waals surface area (Å²) < 4.78 is 27.6. The van der Waals surface area contributed by atoms with Gasteiger partial charge in [0.1, 0.15) is 12.6 Å². The average molecular weight is 526 g/mol. The molecule has 0 heterocycles. The Morgan fingerprint density at radius 3 is 1.89 bits per heavy atom. The Labute approximate surface area is 215 Å². The number of nitrogens with zero attached hydrogens (tertiary/aromatic N) is 1. The highest BCUT2D eigenvalue weighted by Crippen LogP contribution is 2.33. The molecule has 4 atom stereocenters. The topological polar surface area (TPSA) is 108 Å². The Morgan fingerprint density at radius 2 is 1.37 bits per heavy atom. The average Bonchev–Trinajstić information content (AvgIpc) is 2.74. The Hall–Kier alpha value is -0.0500. The number of ether oxygens (including phenoxy) is 2. The minimum Gasteiger partial charge on any atom is -0.756 e. The van der Waals surface area contributed by atoms with E-state index in [2.05, 4.69) is 13.8 Å². The summed E-state index contributed by atoms with van der Waals surface area (Å²) >= 11 is 0. The van der Waals surface area contributed by atoms with Crippen molar-refractivity contribution in [2.75, 3.05) is 47.5 Å². The van der Waals surface area contributed by atoms with E-state index < -0.39 is 20.2 Å². The van der Waals surface area contributed by atoms with E-state index in [-0.39, 0.29) is 19.1 Å². The molecule has 0 aromatic heterocycles. The summed E-state index contributed by atoms with van der Waals surface area (Å²) in [5, 5.41) is 10.5. The lowest BCUT2D eigenvalue weighted by Gasteiger charge is -2.31. The van der Waals surface area contributed by atoms with Gasteiger partial charge in [0.05, 0.1) is 34.4 Å². The molecular formula is C26H56NO7P. The second kappa shape index (κ2) is 20.9. The number of phosphoric ester groups is 1. The van der Waals surface area contributed by atoms with E-state index in [0.717, 1.165) is 25.7 Å². The SMILES string of the molecule is CCCCCCCCCCCCC(CCC)C(O)OCCOCCC(C[N+](C)(C)C)OP(=O)([O-])O. The first-order valence-corrected chi connectivity index (χ1v) is 15.4. The summed E-state index contributed by atoms with van der Waals surface area (Å²) in [6.07, 6.45) is 14.9. The third kappa shape index (κ3) is 24.1. The molecule has 0 aromatic carbocycles. The number of rotatable bonds is 25. The number of hydrogen-bond donors (Lipinski definition) is 2. The quantitative estimate of drug-likeness (QED) is 0.0747. The molecule has 0 aromatic rings. The van der Waals surface area contributed by atoms with Gasteiger partial charge < -0.3 is 33.4 Å². The molecule has 0 spiro atoms. The molecule has 0 aliphatic rings. The van der Waals surface area contributed by atoms with Crippen LogP contribution < -0.4 is 4.89 Å². The molecule has 0 fully saturated rings. The number of aliphatic hydroxyl groups excluding tert-OH is 1. The monoisotopic (exact) mass is 525 g/mol. The molecule has 0 saturated heterocycles. The molecule has 8 nitrogen and oxygen atoms in total. The normalized spacial score (nSPS) is 16.7. The minimum absolute atomic E-state index is 0.145. The predicted octanol–water partition coefficient (Wildman–Crippen LogP) is 5.01. The van der Waals surface area contributed by atoms with Crippen LogP contribution in [-0.2, 0) is 18.6 Å². The van der Waals surface area contributed by atoms with Crippen molar-refractivity contribution in [3.8, 4) is 0 Å². The maximum atomic E-state index is 11.1. The molecule has 0 radical (unpaired) electrons. The first-order chi connectivity index (χ1) is 16.5. The van der Waals surface area contributed by atoms with Gasteiger partial charge in [-0.3, -0.25) is 4.57 Å². The van der Waals surface area contributed by atoms with Crippen LogP contribution in [0.2, 0.25) is 0 Å². The van der Waals surface area contributed by atoms with Crippen LogP contribution in [0.4, 0.5) is 0 Å². The van der Waals surface area contributed by atoms with Crippen LogP contribution in [-0.4, -0.2) is 74.4 Å². The van der Waals surface area contributed by atoms with Gasteiger partial charge in [0, 0.05) is 18.9 Å². The lowest BCUT2D eigenvalue weighted by Crippen LogP contribution is -2.42. The van der Waals surface area contributed by atoms with Crippen LogP contribution in [0, 0.1) is 5.92 Å². The minimum atomic E-state index is -4.80.